The quantitative estimate of drug-likeness (QED) is 0.230. The van der Waals surface area contributed by atoms with Gasteiger partial charge in [0, 0.05) is 15.6 Å². The molecule has 0 bridgehead atoms. The van der Waals surface area contributed by atoms with Crippen molar-refractivity contribution in [1.82, 2.24) is 4.57 Å². The van der Waals surface area contributed by atoms with Crippen LogP contribution in [0.3, 0.4) is 0 Å². The van der Waals surface area contributed by atoms with Gasteiger partial charge in [-0.1, -0.05) is 57.6 Å². The number of benzene rings is 3. The molecule has 0 radical (unpaired) electrons. The Morgan fingerprint density at radius 1 is 1.14 bits per heavy atom. The lowest BCUT2D eigenvalue weighted by atomic mass is 9.95. The van der Waals surface area contributed by atoms with E-state index in [2.05, 4.69) is 20.9 Å². The van der Waals surface area contributed by atoms with Gasteiger partial charge in [0.1, 0.15) is 30.0 Å². The van der Waals surface area contributed by atoms with Crippen molar-refractivity contribution in [3.8, 4) is 11.5 Å². The third kappa shape index (κ3) is 6.10. The van der Waals surface area contributed by atoms with Crippen LogP contribution >= 0.6 is 27.3 Å². The molecular weight excluding hydrogens is 623 g/mol. The van der Waals surface area contributed by atoms with Crippen LogP contribution in [0.4, 0.5) is 4.39 Å². The van der Waals surface area contributed by atoms with Crippen molar-refractivity contribution < 1.29 is 23.4 Å². The van der Waals surface area contributed by atoms with Crippen LogP contribution in [0.15, 0.2) is 92.3 Å². The first-order valence-corrected chi connectivity index (χ1v) is 14.8. The second-order valence-electron chi connectivity index (χ2n) is 9.87. The van der Waals surface area contributed by atoms with Crippen molar-refractivity contribution >= 4 is 39.3 Å². The van der Waals surface area contributed by atoms with E-state index in [9.17, 15) is 14.0 Å². The lowest BCUT2D eigenvalue weighted by Crippen LogP contribution is -2.40. The van der Waals surface area contributed by atoms with E-state index < -0.39 is 12.0 Å². The average Bonchev–Trinajstić information content (AvgIpc) is 3.26. The first-order chi connectivity index (χ1) is 20.2. The average molecular weight is 652 g/mol. The van der Waals surface area contributed by atoms with Gasteiger partial charge in [-0.15, -0.1) is 0 Å². The number of thiazole rings is 1. The molecule has 0 fully saturated rings. The van der Waals surface area contributed by atoms with Crippen molar-refractivity contribution in [1.29, 1.82) is 0 Å². The van der Waals surface area contributed by atoms with Crippen molar-refractivity contribution in [2.75, 3.05) is 7.11 Å². The Labute approximate surface area is 254 Å². The summed E-state index contributed by atoms with van der Waals surface area (Å²) < 4.78 is 33.6. The van der Waals surface area contributed by atoms with Gasteiger partial charge >= 0.3 is 5.97 Å². The lowest BCUT2D eigenvalue weighted by molar-refractivity contribution is -0.143. The largest absolute Gasteiger partial charge is 0.496 e. The minimum atomic E-state index is -0.809. The number of nitrogens with zero attached hydrogens (tertiary/aromatic N) is 2. The van der Waals surface area contributed by atoms with Crippen molar-refractivity contribution in [3.63, 3.8) is 0 Å². The molecule has 1 aliphatic heterocycles. The maximum absolute atomic E-state index is 13.9. The molecule has 0 aliphatic carbocycles. The highest BCUT2D eigenvalue weighted by Gasteiger charge is 2.35. The molecule has 0 amide bonds. The monoisotopic (exact) mass is 650 g/mol. The Bertz CT molecular complexity index is 1860. The minimum absolute atomic E-state index is 0.102. The predicted octanol–water partition coefficient (Wildman–Crippen LogP) is 5.68. The maximum Gasteiger partial charge on any atom is 0.338 e. The molecule has 0 spiro atoms. The summed E-state index contributed by atoms with van der Waals surface area (Å²) in [5.74, 6) is 0.230. The summed E-state index contributed by atoms with van der Waals surface area (Å²) in [6.07, 6.45) is 1.41. The zero-order valence-electron chi connectivity index (χ0n) is 23.4. The van der Waals surface area contributed by atoms with Gasteiger partial charge in [0.25, 0.3) is 5.56 Å². The number of hydrogen-bond acceptors (Lipinski definition) is 7. The molecule has 216 valence electrons. The van der Waals surface area contributed by atoms with E-state index >= 15 is 0 Å². The highest BCUT2D eigenvalue weighted by Crippen LogP contribution is 2.37. The number of halogens is 2. The SMILES string of the molecule is COc1ccc(Br)cc1[C@H]1C(C(=O)OC(C)C)=C(C)N=c2s/c(=C\c3ccc(OCc4ccccc4F)cc3)c(=O)n21. The summed E-state index contributed by atoms with van der Waals surface area (Å²) in [4.78, 5) is 32.4. The van der Waals surface area contributed by atoms with E-state index in [1.54, 1.807) is 70.4 Å². The number of carbonyl (C=O) groups excluding carboxylic acids is 1. The van der Waals surface area contributed by atoms with Gasteiger partial charge in [-0.05, 0) is 68.8 Å². The minimum Gasteiger partial charge on any atom is -0.496 e. The maximum atomic E-state index is 13.9. The van der Waals surface area contributed by atoms with Gasteiger partial charge < -0.3 is 14.2 Å². The van der Waals surface area contributed by atoms with Crippen molar-refractivity contribution in [2.24, 2.45) is 4.99 Å². The molecule has 7 nitrogen and oxygen atoms in total. The van der Waals surface area contributed by atoms with Crippen LogP contribution in [0.1, 0.15) is 43.5 Å². The fourth-order valence-corrected chi connectivity index (χ4v) is 6.09. The predicted molar refractivity (Wildman–Crippen MR) is 163 cm³/mol. The number of carbonyl (C=O) groups is 1. The lowest BCUT2D eigenvalue weighted by Gasteiger charge is -2.26. The van der Waals surface area contributed by atoms with Crippen LogP contribution in [0.25, 0.3) is 6.08 Å². The molecule has 42 heavy (non-hydrogen) atoms. The van der Waals surface area contributed by atoms with Crippen molar-refractivity contribution in [3.05, 3.63) is 125 Å². The molecule has 3 aromatic carbocycles. The summed E-state index contributed by atoms with van der Waals surface area (Å²) in [5.41, 5.74) is 2.30. The summed E-state index contributed by atoms with van der Waals surface area (Å²) in [7, 11) is 1.54. The second-order valence-corrected chi connectivity index (χ2v) is 11.8. The Hall–Kier alpha value is -4.02. The summed E-state index contributed by atoms with van der Waals surface area (Å²) in [6.45, 7) is 5.39. The first kappa shape index (κ1) is 29.5. The summed E-state index contributed by atoms with van der Waals surface area (Å²) >= 11 is 4.75. The number of ether oxygens (including phenoxy) is 3. The molecule has 0 saturated carbocycles. The molecule has 1 aromatic heterocycles. The van der Waals surface area contributed by atoms with Gasteiger partial charge in [0.2, 0.25) is 0 Å². The normalized spacial score (nSPS) is 14.9. The summed E-state index contributed by atoms with van der Waals surface area (Å²) in [5, 5.41) is 0. The fraction of sp³-hybridized carbons (Fsp3) is 0.219. The molecule has 5 rings (SSSR count). The fourth-order valence-electron chi connectivity index (χ4n) is 4.66. The van der Waals surface area contributed by atoms with Gasteiger partial charge in [0.15, 0.2) is 4.80 Å². The molecule has 0 unspecified atom stereocenters. The number of hydrogen-bond donors (Lipinski definition) is 0. The van der Waals surface area contributed by atoms with Gasteiger partial charge in [-0.3, -0.25) is 9.36 Å². The van der Waals surface area contributed by atoms with Crippen LogP contribution in [-0.2, 0) is 16.1 Å². The number of methoxy groups -OCH3 is 1. The Morgan fingerprint density at radius 3 is 2.57 bits per heavy atom. The zero-order chi connectivity index (χ0) is 30.0. The van der Waals surface area contributed by atoms with Crippen LogP contribution in [0, 0.1) is 5.82 Å². The van der Waals surface area contributed by atoms with E-state index in [0.717, 1.165) is 10.0 Å². The molecule has 0 saturated heterocycles. The summed E-state index contributed by atoms with van der Waals surface area (Å²) in [6, 6.07) is 18.3. The molecular formula is C32H28BrFN2O5S. The van der Waals surface area contributed by atoms with E-state index in [4.69, 9.17) is 14.2 Å². The second kappa shape index (κ2) is 12.5. The van der Waals surface area contributed by atoms with Crippen LogP contribution in [0.5, 0.6) is 11.5 Å². The molecule has 2 heterocycles. The standard InChI is InChI=1S/C32H28BrFN2O5S/c1-18(2)41-31(38)28-19(3)35-32-36(29(28)24-16-22(33)11-14-26(24)39-4)30(37)27(42-32)15-20-9-12-23(13-10-20)40-17-21-7-5-6-8-25(21)34/h5-16,18,29H,17H2,1-4H3/b27-15-/t29-/m0/s1. The smallest absolute Gasteiger partial charge is 0.338 e. The molecule has 10 heteroatoms. The highest BCUT2D eigenvalue weighted by atomic mass is 79.9. The van der Waals surface area contributed by atoms with Crippen LogP contribution < -0.4 is 24.4 Å². The van der Waals surface area contributed by atoms with E-state index in [1.807, 2.05) is 24.3 Å². The van der Waals surface area contributed by atoms with Gasteiger partial charge in [0.05, 0.1) is 29.0 Å². The Balaban J connectivity index is 1.55. The number of esters is 1. The first-order valence-electron chi connectivity index (χ1n) is 13.2. The molecule has 1 aliphatic rings. The third-order valence-corrected chi connectivity index (χ3v) is 8.08. The number of rotatable bonds is 8. The van der Waals surface area contributed by atoms with Gasteiger partial charge in [-0.2, -0.15) is 0 Å². The molecule has 1 atom stereocenters. The van der Waals surface area contributed by atoms with E-state index in [0.29, 0.717) is 37.7 Å². The topological polar surface area (TPSA) is 79.1 Å². The molecule has 4 aromatic rings. The van der Waals surface area contributed by atoms with E-state index in [1.165, 1.54) is 22.0 Å². The van der Waals surface area contributed by atoms with E-state index in [-0.39, 0.29) is 29.7 Å². The number of allylic oxidation sites excluding steroid dienone is 1. The van der Waals surface area contributed by atoms with Crippen LogP contribution in [-0.4, -0.2) is 23.8 Å². The van der Waals surface area contributed by atoms with Gasteiger partial charge in [-0.25, -0.2) is 14.2 Å². The third-order valence-electron chi connectivity index (χ3n) is 6.60. The number of aromatic nitrogens is 1. The number of fused-ring (bicyclic) bond motifs is 1. The highest BCUT2D eigenvalue weighted by molar-refractivity contribution is 9.10. The Kier molecular flexibility index (Phi) is 8.74. The van der Waals surface area contributed by atoms with Crippen LogP contribution in [0.2, 0.25) is 0 Å². The zero-order valence-corrected chi connectivity index (χ0v) is 25.8. The molecule has 0 N–H and O–H groups in total. The Morgan fingerprint density at radius 2 is 1.88 bits per heavy atom. The van der Waals surface area contributed by atoms with Crippen molar-refractivity contribution in [2.45, 2.75) is 39.5 Å².